The molecule has 0 bridgehead atoms. The monoisotopic (exact) mass is 159 g/mol. The molecule has 0 saturated heterocycles. The van der Waals surface area contributed by atoms with Gasteiger partial charge in [-0.25, -0.2) is 0 Å². The van der Waals surface area contributed by atoms with E-state index in [1.807, 2.05) is 20.8 Å². The van der Waals surface area contributed by atoms with Crippen LogP contribution < -0.4 is 0 Å². The zero-order valence-electron chi connectivity index (χ0n) is 7.85. The summed E-state index contributed by atoms with van der Waals surface area (Å²) in [5.41, 5.74) is 0. The lowest BCUT2D eigenvalue weighted by atomic mass is 10.2. The van der Waals surface area contributed by atoms with Gasteiger partial charge in [-0.3, -0.25) is 0 Å². The zero-order valence-corrected chi connectivity index (χ0v) is 7.85. The molecule has 0 N–H and O–H groups in total. The van der Waals surface area contributed by atoms with Gasteiger partial charge in [0.05, 0.1) is 0 Å². The fourth-order valence-corrected chi connectivity index (χ4v) is 1.12. The van der Waals surface area contributed by atoms with E-state index in [0.717, 1.165) is 12.8 Å². The van der Waals surface area contributed by atoms with Crippen molar-refractivity contribution in [1.29, 1.82) is 0 Å². The molecule has 2 nitrogen and oxygen atoms in total. The van der Waals surface area contributed by atoms with Crippen molar-refractivity contribution in [2.75, 3.05) is 13.2 Å². The van der Waals surface area contributed by atoms with E-state index in [4.69, 9.17) is 9.47 Å². The highest BCUT2D eigenvalue weighted by Gasteiger charge is 2.22. The molecule has 0 amide bonds. The Morgan fingerprint density at radius 3 is 1.91 bits per heavy atom. The molecule has 0 aromatic heterocycles. The second-order valence-corrected chi connectivity index (χ2v) is 2.60. The van der Waals surface area contributed by atoms with Crippen molar-refractivity contribution in [1.82, 2.24) is 0 Å². The van der Waals surface area contributed by atoms with E-state index >= 15 is 0 Å². The molecule has 0 fully saturated rings. The van der Waals surface area contributed by atoms with Gasteiger partial charge in [-0.2, -0.15) is 0 Å². The van der Waals surface area contributed by atoms with Gasteiger partial charge in [-0.1, -0.05) is 6.92 Å². The summed E-state index contributed by atoms with van der Waals surface area (Å²) in [7, 11) is 0. The average Bonchev–Trinajstić information content (AvgIpc) is 1.88. The molecule has 0 rings (SSSR count). The van der Waals surface area contributed by atoms with Crippen LogP contribution in [0.15, 0.2) is 0 Å². The van der Waals surface area contributed by atoms with Crippen LogP contribution in [0.4, 0.5) is 0 Å². The molecular formula is C9H19O2. The Kier molecular flexibility index (Phi) is 5.51. The number of hydrogen-bond acceptors (Lipinski definition) is 2. The topological polar surface area (TPSA) is 18.5 Å². The van der Waals surface area contributed by atoms with E-state index in [0.29, 0.717) is 13.2 Å². The van der Waals surface area contributed by atoms with Gasteiger partial charge in [0.1, 0.15) is 0 Å². The maximum atomic E-state index is 5.45. The maximum Gasteiger partial charge on any atom is 0.165 e. The van der Waals surface area contributed by atoms with Gasteiger partial charge in [0.2, 0.25) is 0 Å². The van der Waals surface area contributed by atoms with Gasteiger partial charge in [0.15, 0.2) is 5.79 Å². The van der Waals surface area contributed by atoms with Crippen molar-refractivity contribution >= 4 is 0 Å². The Labute approximate surface area is 69.9 Å². The van der Waals surface area contributed by atoms with Crippen LogP contribution in [0.1, 0.15) is 33.6 Å². The van der Waals surface area contributed by atoms with Crippen LogP contribution in [0.25, 0.3) is 0 Å². The van der Waals surface area contributed by atoms with Crippen LogP contribution in [-0.2, 0) is 9.47 Å². The first-order valence-electron chi connectivity index (χ1n) is 4.25. The van der Waals surface area contributed by atoms with E-state index in [1.54, 1.807) is 0 Å². The Hall–Kier alpha value is -0.0800. The lowest BCUT2D eigenvalue weighted by Gasteiger charge is -2.28. The van der Waals surface area contributed by atoms with E-state index in [2.05, 4.69) is 6.92 Å². The van der Waals surface area contributed by atoms with Crippen molar-refractivity contribution in [3.05, 3.63) is 6.92 Å². The summed E-state index contributed by atoms with van der Waals surface area (Å²) in [4.78, 5) is 0. The minimum Gasteiger partial charge on any atom is -0.351 e. The predicted octanol–water partition coefficient (Wildman–Crippen LogP) is 2.39. The second kappa shape index (κ2) is 5.56. The summed E-state index contributed by atoms with van der Waals surface area (Å²) in [6.07, 6.45) is 1.70. The highest BCUT2D eigenvalue weighted by Crippen LogP contribution is 2.18. The third-order valence-corrected chi connectivity index (χ3v) is 1.53. The molecule has 0 aromatic rings. The molecule has 0 saturated carbocycles. The summed E-state index contributed by atoms with van der Waals surface area (Å²) in [6.45, 7) is 11.1. The standard InChI is InChI=1S/C9H19O2/c1-5-8-9(4,10-6-2)11-7-3/h1,5-8H2,2-4H3. The molecule has 0 aliphatic heterocycles. The van der Waals surface area contributed by atoms with Gasteiger partial charge in [-0.05, 0) is 27.2 Å². The van der Waals surface area contributed by atoms with E-state index in [9.17, 15) is 0 Å². The highest BCUT2D eigenvalue weighted by atomic mass is 16.7. The van der Waals surface area contributed by atoms with Crippen molar-refractivity contribution in [3.8, 4) is 0 Å². The third kappa shape index (κ3) is 4.38. The molecule has 0 heterocycles. The molecule has 0 aromatic carbocycles. The summed E-state index contributed by atoms with van der Waals surface area (Å²) < 4.78 is 10.9. The molecule has 0 atom stereocenters. The molecule has 2 heteroatoms. The Balaban J connectivity index is 3.79. The fourth-order valence-electron chi connectivity index (χ4n) is 1.12. The van der Waals surface area contributed by atoms with Crippen LogP contribution in [0.5, 0.6) is 0 Å². The summed E-state index contributed by atoms with van der Waals surface area (Å²) in [5, 5.41) is 0. The molecule has 0 aliphatic rings. The minimum atomic E-state index is -0.411. The van der Waals surface area contributed by atoms with E-state index < -0.39 is 5.79 Å². The third-order valence-electron chi connectivity index (χ3n) is 1.53. The van der Waals surface area contributed by atoms with Crippen LogP contribution >= 0.6 is 0 Å². The lowest BCUT2D eigenvalue weighted by Crippen LogP contribution is -2.32. The zero-order chi connectivity index (χ0) is 8.74. The molecule has 0 aliphatic carbocycles. The van der Waals surface area contributed by atoms with Crippen molar-refractivity contribution in [3.63, 3.8) is 0 Å². The average molecular weight is 159 g/mol. The molecular weight excluding hydrogens is 140 g/mol. The molecule has 0 unspecified atom stereocenters. The molecule has 1 radical (unpaired) electrons. The highest BCUT2D eigenvalue weighted by molar-refractivity contribution is 4.63. The van der Waals surface area contributed by atoms with Crippen LogP contribution in [-0.4, -0.2) is 19.0 Å². The molecule has 67 valence electrons. The Morgan fingerprint density at radius 1 is 1.18 bits per heavy atom. The van der Waals surface area contributed by atoms with Gasteiger partial charge in [0.25, 0.3) is 0 Å². The number of hydrogen-bond donors (Lipinski definition) is 0. The fraction of sp³-hybridized carbons (Fsp3) is 0.889. The number of rotatable bonds is 6. The van der Waals surface area contributed by atoms with E-state index in [1.165, 1.54) is 0 Å². The maximum absolute atomic E-state index is 5.45. The van der Waals surface area contributed by atoms with Crippen LogP contribution in [0.3, 0.4) is 0 Å². The van der Waals surface area contributed by atoms with Gasteiger partial charge >= 0.3 is 0 Å². The first-order valence-corrected chi connectivity index (χ1v) is 4.25. The van der Waals surface area contributed by atoms with Crippen molar-refractivity contribution < 1.29 is 9.47 Å². The van der Waals surface area contributed by atoms with Gasteiger partial charge < -0.3 is 9.47 Å². The smallest absolute Gasteiger partial charge is 0.165 e. The van der Waals surface area contributed by atoms with Gasteiger partial charge in [0, 0.05) is 19.6 Å². The SMILES string of the molecule is [CH2]CCC(C)(OCC)OCC. The second-order valence-electron chi connectivity index (χ2n) is 2.60. The number of ether oxygens (including phenoxy) is 2. The van der Waals surface area contributed by atoms with Crippen molar-refractivity contribution in [2.24, 2.45) is 0 Å². The lowest BCUT2D eigenvalue weighted by molar-refractivity contribution is -0.223. The van der Waals surface area contributed by atoms with Crippen LogP contribution in [0.2, 0.25) is 0 Å². The molecule has 0 spiro atoms. The quantitative estimate of drug-likeness (QED) is 0.554. The summed E-state index contributed by atoms with van der Waals surface area (Å²) in [5.74, 6) is -0.411. The van der Waals surface area contributed by atoms with Crippen LogP contribution in [0, 0.1) is 6.92 Å². The predicted molar refractivity (Wildman–Crippen MR) is 46.2 cm³/mol. The van der Waals surface area contributed by atoms with E-state index in [-0.39, 0.29) is 0 Å². The molecule has 11 heavy (non-hydrogen) atoms. The normalized spacial score (nSPS) is 12.0. The Morgan fingerprint density at radius 2 is 1.64 bits per heavy atom. The largest absolute Gasteiger partial charge is 0.351 e. The summed E-state index contributed by atoms with van der Waals surface area (Å²) in [6, 6.07) is 0. The van der Waals surface area contributed by atoms with Gasteiger partial charge in [-0.15, -0.1) is 0 Å². The first kappa shape index (κ1) is 10.9. The minimum absolute atomic E-state index is 0.411. The van der Waals surface area contributed by atoms with Crippen molar-refractivity contribution in [2.45, 2.75) is 39.4 Å². The summed E-state index contributed by atoms with van der Waals surface area (Å²) >= 11 is 0. The first-order chi connectivity index (χ1) is 5.18. The Bertz CT molecular complexity index is 74.5.